The SMILES string of the molecule is CCNCCOc1ccc2c(c1)oc1cc(OCCNCC)ccc12. The molecule has 0 aliphatic rings. The van der Waals surface area contributed by atoms with Gasteiger partial charge in [0.05, 0.1) is 0 Å². The van der Waals surface area contributed by atoms with Crippen LogP contribution in [0.4, 0.5) is 0 Å². The average Bonchev–Trinajstić information content (AvgIpc) is 2.99. The third-order valence-electron chi connectivity index (χ3n) is 4.01. The number of likely N-dealkylation sites (N-methyl/N-ethyl adjacent to an activating group) is 2. The van der Waals surface area contributed by atoms with Gasteiger partial charge in [0.25, 0.3) is 0 Å². The number of nitrogens with one attached hydrogen (secondary N) is 2. The second-order valence-corrected chi connectivity index (χ2v) is 5.82. The molecule has 0 radical (unpaired) electrons. The first kappa shape index (κ1) is 17.6. The molecule has 0 saturated heterocycles. The molecule has 0 saturated carbocycles. The molecule has 3 aromatic rings. The summed E-state index contributed by atoms with van der Waals surface area (Å²) in [4.78, 5) is 0. The van der Waals surface area contributed by atoms with Crippen LogP contribution in [0.15, 0.2) is 40.8 Å². The van der Waals surface area contributed by atoms with Crippen molar-refractivity contribution in [1.29, 1.82) is 0 Å². The molecule has 134 valence electrons. The van der Waals surface area contributed by atoms with Gasteiger partial charge in [0.15, 0.2) is 0 Å². The van der Waals surface area contributed by atoms with Gasteiger partial charge < -0.3 is 24.5 Å². The maximum Gasteiger partial charge on any atom is 0.139 e. The highest BCUT2D eigenvalue weighted by atomic mass is 16.5. The predicted octanol–water partition coefficient (Wildman–Crippen LogP) is 3.56. The summed E-state index contributed by atoms with van der Waals surface area (Å²) in [5, 5.41) is 8.66. The summed E-state index contributed by atoms with van der Waals surface area (Å²) >= 11 is 0. The lowest BCUT2D eigenvalue weighted by atomic mass is 10.1. The Hall–Kier alpha value is -2.24. The Labute approximate surface area is 148 Å². The standard InChI is InChI=1S/C20H26N2O3/c1-3-21-9-11-23-15-5-7-17-18-8-6-16(24-12-10-22-4-2)14-20(18)25-19(17)13-15/h5-8,13-14,21-22H,3-4,9-12H2,1-2H3. The first-order valence-corrected chi connectivity index (χ1v) is 8.95. The van der Waals surface area contributed by atoms with Crippen LogP contribution in [0.25, 0.3) is 21.9 Å². The van der Waals surface area contributed by atoms with Crippen molar-refractivity contribution in [3.05, 3.63) is 36.4 Å². The van der Waals surface area contributed by atoms with Crippen molar-refractivity contribution in [3.8, 4) is 11.5 Å². The summed E-state index contributed by atoms with van der Waals surface area (Å²) in [6.07, 6.45) is 0. The zero-order valence-corrected chi connectivity index (χ0v) is 14.9. The smallest absolute Gasteiger partial charge is 0.139 e. The molecule has 0 aliphatic carbocycles. The molecule has 25 heavy (non-hydrogen) atoms. The first-order chi connectivity index (χ1) is 12.3. The minimum atomic E-state index is 0.642. The second kappa shape index (κ2) is 8.74. The topological polar surface area (TPSA) is 55.7 Å². The Morgan fingerprint density at radius 2 is 1.24 bits per heavy atom. The largest absolute Gasteiger partial charge is 0.492 e. The molecule has 2 aromatic carbocycles. The van der Waals surface area contributed by atoms with Gasteiger partial charge in [-0.1, -0.05) is 13.8 Å². The summed E-state index contributed by atoms with van der Waals surface area (Å²) in [5.74, 6) is 1.65. The van der Waals surface area contributed by atoms with Crippen molar-refractivity contribution in [3.63, 3.8) is 0 Å². The molecule has 5 nitrogen and oxygen atoms in total. The van der Waals surface area contributed by atoms with E-state index in [1.807, 2.05) is 24.3 Å². The van der Waals surface area contributed by atoms with E-state index in [4.69, 9.17) is 13.9 Å². The normalized spacial score (nSPS) is 11.3. The van der Waals surface area contributed by atoms with E-state index in [9.17, 15) is 0 Å². The Bertz CT molecular complexity index is 747. The van der Waals surface area contributed by atoms with Gasteiger partial charge in [-0.2, -0.15) is 0 Å². The molecular formula is C20H26N2O3. The minimum Gasteiger partial charge on any atom is -0.492 e. The van der Waals surface area contributed by atoms with Crippen LogP contribution in [-0.4, -0.2) is 39.4 Å². The number of furan rings is 1. The monoisotopic (exact) mass is 342 g/mol. The van der Waals surface area contributed by atoms with Crippen molar-refractivity contribution in [2.24, 2.45) is 0 Å². The van der Waals surface area contributed by atoms with Crippen LogP contribution in [-0.2, 0) is 0 Å². The summed E-state index contributed by atoms with van der Waals surface area (Å²) in [7, 11) is 0. The van der Waals surface area contributed by atoms with Gasteiger partial charge in [0.2, 0.25) is 0 Å². The molecule has 5 heteroatoms. The maximum absolute atomic E-state index is 6.00. The Kier molecular flexibility index (Phi) is 6.14. The van der Waals surface area contributed by atoms with E-state index in [1.165, 1.54) is 0 Å². The summed E-state index contributed by atoms with van der Waals surface area (Å²) < 4.78 is 17.5. The highest BCUT2D eigenvalue weighted by molar-refractivity contribution is 6.05. The number of hydrogen-bond acceptors (Lipinski definition) is 5. The number of hydrogen-bond donors (Lipinski definition) is 2. The van der Waals surface area contributed by atoms with Crippen LogP contribution in [0.3, 0.4) is 0 Å². The van der Waals surface area contributed by atoms with Crippen molar-refractivity contribution in [2.75, 3.05) is 39.4 Å². The van der Waals surface area contributed by atoms with E-state index in [-0.39, 0.29) is 0 Å². The van der Waals surface area contributed by atoms with Gasteiger partial charge >= 0.3 is 0 Å². The van der Waals surface area contributed by atoms with Crippen molar-refractivity contribution >= 4 is 21.9 Å². The molecule has 1 heterocycles. The van der Waals surface area contributed by atoms with Crippen LogP contribution in [0.5, 0.6) is 11.5 Å². The Morgan fingerprint density at radius 3 is 1.68 bits per heavy atom. The van der Waals surface area contributed by atoms with E-state index in [0.29, 0.717) is 13.2 Å². The highest BCUT2D eigenvalue weighted by Crippen LogP contribution is 2.33. The fourth-order valence-electron chi connectivity index (χ4n) is 2.75. The summed E-state index contributed by atoms with van der Waals surface area (Å²) in [6.45, 7) is 9.02. The van der Waals surface area contributed by atoms with Crippen LogP contribution in [0.1, 0.15) is 13.8 Å². The number of benzene rings is 2. The molecule has 0 unspecified atom stereocenters. The number of rotatable bonds is 10. The second-order valence-electron chi connectivity index (χ2n) is 5.82. The van der Waals surface area contributed by atoms with E-state index in [2.05, 4.69) is 36.6 Å². The molecule has 0 fully saturated rings. The molecule has 0 bridgehead atoms. The Balaban J connectivity index is 1.73. The van der Waals surface area contributed by atoms with Gasteiger partial charge in [-0.3, -0.25) is 0 Å². The quantitative estimate of drug-likeness (QED) is 0.552. The summed E-state index contributed by atoms with van der Waals surface area (Å²) in [6, 6.07) is 12.0. The summed E-state index contributed by atoms with van der Waals surface area (Å²) in [5.41, 5.74) is 1.67. The molecule has 1 aromatic heterocycles. The van der Waals surface area contributed by atoms with Crippen LogP contribution < -0.4 is 20.1 Å². The number of ether oxygens (including phenoxy) is 2. The molecule has 0 spiro atoms. The molecule has 3 rings (SSSR count). The minimum absolute atomic E-state index is 0.642. The average molecular weight is 342 g/mol. The van der Waals surface area contributed by atoms with Crippen LogP contribution in [0.2, 0.25) is 0 Å². The van der Waals surface area contributed by atoms with Gasteiger partial charge in [-0.05, 0) is 37.4 Å². The van der Waals surface area contributed by atoms with Crippen LogP contribution >= 0.6 is 0 Å². The zero-order valence-electron chi connectivity index (χ0n) is 14.9. The zero-order chi connectivity index (χ0) is 17.5. The lowest BCUT2D eigenvalue weighted by Crippen LogP contribution is -2.20. The van der Waals surface area contributed by atoms with Gasteiger partial charge in [-0.15, -0.1) is 0 Å². The number of fused-ring (bicyclic) bond motifs is 3. The van der Waals surface area contributed by atoms with Crippen molar-refractivity contribution < 1.29 is 13.9 Å². The van der Waals surface area contributed by atoms with Gasteiger partial charge in [-0.25, -0.2) is 0 Å². The molecule has 2 N–H and O–H groups in total. The third kappa shape index (κ3) is 4.44. The van der Waals surface area contributed by atoms with Crippen LogP contribution in [0, 0.1) is 0 Å². The molecule has 0 atom stereocenters. The fraction of sp³-hybridized carbons (Fsp3) is 0.400. The highest BCUT2D eigenvalue weighted by Gasteiger charge is 2.09. The maximum atomic E-state index is 6.00. The first-order valence-electron chi connectivity index (χ1n) is 8.95. The molecular weight excluding hydrogens is 316 g/mol. The van der Waals surface area contributed by atoms with E-state index in [1.54, 1.807) is 0 Å². The van der Waals surface area contributed by atoms with Crippen molar-refractivity contribution in [1.82, 2.24) is 10.6 Å². The van der Waals surface area contributed by atoms with E-state index in [0.717, 1.165) is 59.6 Å². The Morgan fingerprint density at radius 1 is 0.760 bits per heavy atom. The van der Waals surface area contributed by atoms with E-state index >= 15 is 0 Å². The van der Waals surface area contributed by atoms with E-state index < -0.39 is 0 Å². The third-order valence-corrected chi connectivity index (χ3v) is 4.01. The lowest BCUT2D eigenvalue weighted by molar-refractivity contribution is 0.315. The van der Waals surface area contributed by atoms with Gasteiger partial charge in [0.1, 0.15) is 35.9 Å². The predicted molar refractivity (Wildman–Crippen MR) is 102 cm³/mol. The molecule has 0 aliphatic heterocycles. The van der Waals surface area contributed by atoms with Crippen molar-refractivity contribution in [2.45, 2.75) is 13.8 Å². The fourth-order valence-corrected chi connectivity index (χ4v) is 2.75. The van der Waals surface area contributed by atoms with Gasteiger partial charge in [0, 0.05) is 36.0 Å². The molecule has 0 amide bonds. The lowest BCUT2D eigenvalue weighted by Gasteiger charge is -2.06.